The average molecular weight is 202 g/mol. The Morgan fingerprint density at radius 3 is 2.73 bits per heavy atom. The zero-order valence-electron chi connectivity index (χ0n) is 8.21. The Morgan fingerprint density at radius 2 is 2.07 bits per heavy atom. The number of carboxylic acid groups (broad SMARTS) is 1. The fourth-order valence-corrected chi connectivity index (χ4v) is 1.46. The number of hydrogen-bond acceptors (Lipinski definition) is 2. The summed E-state index contributed by atoms with van der Waals surface area (Å²) in [6.45, 7) is 1.92. The van der Waals surface area contributed by atoms with E-state index in [1.807, 2.05) is 31.2 Å². The van der Waals surface area contributed by atoms with Crippen molar-refractivity contribution >= 4 is 5.97 Å². The Labute approximate surface area is 86.8 Å². The molecule has 1 aromatic heterocycles. The van der Waals surface area contributed by atoms with Gasteiger partial charge in [0.15, 0.2) is 5.69 Å². The zero-order valence-corrected chi connectivity index (χ0v) is 8.21. The summed E-state index contributed by atoms with van der Waals surface area (Å²) < 4.78 is 1.43. The summed E-state index contributed by atoms with van der Waals surface area (Å²) in [4.78, 5) is 10.9. The number of carboxylic acids is 1. The molecule has 1 heterocycles. The summed E-state index contributed by atoms with van der Waals surface area (Å²) in [7, 11) is 0. The van der Waals surface area contributed by atoms with E-state index >= 15 is 0 Å². The third-order valence-electron chi connectivity index (χ3n) is 2.21. The van der Waals surface area contributed by atoms with Crippen molar-refractivity contribution in [1.82, 2.24) is 9.78 Å². The van der Waals surface area contributed by atoms with E-state index in [4.69, 9.17) is 5.11 Å². The highest BCUT2D eigenvalue weighted by Crippen LogP contribution is 2.14. The lowest BCUT2D eigenvalue weighted by atomic mass is 10.2. The quantitative estimate of drug-likeness (QED) is 0.808. The van der Waals surface area contributed by atoms with Crippen molar-refractivity contribution in [3.63, 3.8) is 0 Å². The first kappa shape index (κ1) is 9.45. The Balaban J connectivity index is 2.59. The lowest BCUT2D eigenvalue weighted by molar-refractivity contribution is 0.0687. The maximum Gasteiger partial charge on any atom is 0.354 e. The van der Waals surface area contributed by atoms with Gasteiger partial charge in [0.2, 0.25) is 0 Å². The molecule has 0 amide bonds. The van der Waals surface area contributed by atoms with Crippen LogP contribution in [0.2, 0.25) is 0 Å². The summed E-state index contributed by atoms with van der Waals surface area (Å²) in [5.74, 6) is -0.976. The van der Waals surface area contributed by atoms with E-state index in [1.54, 1.807) is 0 Å². The van der Waals surface area contributed by atoms with Crippen molar-refractivity contribution in [2.24, 2.45) is 0 Å². The van der Waals surface area contributed by atoms with Crippen LogP contribution in [0.1, 0.15) is 16.1 Å². The van der Waals surface area contributed by atoms with Crippen molar-refractivity contribution in [3.8, 4) is 5.69 Å². The lowest BCUT2D eigenvalue weighted by Gasteiger charge is -2.07. The number of carbonyl (C=O) groups is 1. The van der Waals surface area contributed by atoms with Crippen LogP contribution in [0, 0.1) is 6.92 Å². The van der Waals surface area contributed by atoms with Crippen LogP contribution in [0.4, 0.5) is 0 Å². The van der Waals surface area contributed by atoms with Crippen molar-refractivity contribution in [1.29, 1.82) is 0 Å². The molecule has 0 spiro atoms. The van der Waals surface area contributed by atoms with Crippen LogP contribution in [-0.2, 0) is 0 Å². The van der Waals surface area contributed by atoms with Crippen LogP contribution in [0.3, 0.4) is 0 Å². The minimum absolute atomic E-state index is 0.171. The molecule has 0 atom stereocenters. The third-order valence-corrected chi connectivity index (χ3v) is 2.21. The largest absolute Gasteiger partial charge is 0.477 e. The molecule has 0 saturated heterocycles. The molecule has 4 heteroatoms. The number of para-hydroxylation sites is 1. The van der Waals surface area contributed by atoms with Crippen LogP contribution in [0.5, 0.6) is 0 Å². The molecule has 0 aliphatic carbocycles. The number of nitrogens with zero attached hydrogens (tertiary/aromatic N) is 2. The Bertz CT molecular complexity index is 503. The summed E-state index contributed by atoms with van der Waals surface area (Å²) in [5, 5.41) is 13.0. The van der Waals surface area contributed by atoms with Gasteiger partial charge in [-0.3, -0.25) is 0 Å². The molecule has 0 bridgehead atoms. The maximum atomic E-state index is 10.9. The van der Waals surface area contributed by atoms with Gasteiger partial charge in [0.1, 0.15) is 0 Å². The van der Waals surface area contributed by atoms with Crippen molar-refractivity contribution < 1.29 is 9.90 Å². The van der Waals surface area contributed by atoms with Gasteiger partial charge in [0, 0.05) is 0 Å². The molecule has 1 aromatic carbocycles. The minimum atomic E-state index is -0.976. The Hall–Kier alpha value is -2.10. The van der Waals surface area contributed by atoms with Gasteiger partial charge in [0.25, 0.3) is 0 Å². The molecule has 0 fully saturated rings. The molecule has 0 aliphatic heterocycles. The van der Waals surface area contributed by atoms with Crippen molar-refractivity contribution in [3.05, 3.63) is 47.8 Å². The number of aromatic nitrogens is 2. The highest BCUT2D eigenvalue weighted by molar-refractivity contribution is 5.86. The Morgan fingerprint density at radius 1 is 1.33 bits per heavy atom. The third kappa shape index (κ3) is 1.61. The topological polar surface area (TPSA) is 55.1 Å². The van der Waals surface area contributed by atoms with Gasteiger partial charge in [-0.25, -0.2) is 9.48 Å². The molecule has 0 unspecified atom stereocenters. The number of aryl methyl sites for hydroxylation is 1. The highest BCUT2D eigenvalue weighted by atomic mass is 16.4. The first-order chi connectivity index (χ1) is 7.20. The van der Waals surface area contributed by atoms with Gasteiger partial charge in [-0.1, -0.05) is 18.2 Å². The predicted molar refractivity (Wildman–Crippen MR) is 55.3 cm³/mol. The zero-order chi connectivity index (χ0) is 10.8. The SMILES string of the molecule is Cc1ccccc1-n1nccc1C(=O)O. The van der Waals surface area contributed by atoms with Crippen LogP contribution >= 0.6 is 0 Å². The molecule has 1 N–H and O–H groups in total. The second-order valence-electron chi connectivity index (χ2n) is 3.22. The molecule has 15 heavy (non-hydrogen) atoms. The fourth-order valence-electron chi connectivity index (χ4n) is 1.46. The van der Waals surface area contributed by atoms with E-state index in [0.29, 0.717) is 0 Å². The summed E-state index contributed by atoms with van der Waals surface area (Å²) in [6, 6.07) is 9.00. The Kier molecular flexibility index (Phi) is 2.25. The first-order valence-corrected chi connectivity index (χ1v) is 4.53. The number of benzene rings is 1. The smallest absolute Gasteiger partial charge is 0.354 e. The molecule has 76 valence electrons. The summed E-state index contributed by atoms with van der Waals surface area (Å²) in [5.41, 5.74) is 1.95. The van der Waals surface area contributed by atoms with E-state index in [2.05, 4.69) is 5.10 Å². The molecule has 0 saturated carbocycles. The fraction of sp³-hybridized carbons (Fsp3) is 0.0909. The second-order valence-corrected chi connectivity index (χ2v) is 3.22. The average Bonchev–Trinajstić information content (AvgIpc) is 2.67. The van der Waals surface area contributed by atoms with Crippen LogP contribution in [0.15, 0.2) is 36.5 Å². The molecular weight excluding hydrogens is 192 g/mol. The minimum Gasteiger partial charge on any atom is -0.477 e. The molecule has 2 aromatic rings. The molecule has 2 rings (SSSR count). The molecule has 0 radical (unpaired) electrons. The highest BCUT2D eigenvalue weighted by Gasteiger charge is 2.12. The van der Waals surface area contributed by atoms with E-state index in [0.717, 1.165) is 11.3 Å². The van der Waals surface area contributed by atoms with Gasteiger partial charge in [-0.2, -0.15) is 5.10 Å². The lowest BCUT2D eigenvalue weighted by Crippen LogP contribution is -2.08. The normalized spacial score (nSPS) is 10.2. The van der Waals surface area contributed by atoms with Gasteiger partial charge in [-0.05, 0) is 24.6 Å². The molecule has 4 nitrogen and oxygen atoms in total. The van der Waals surface area contributed by atoms with Crippen LogP contribution < -0.4 is 0 Å². The van der Waals surface area contributed by atoms with Crippen LogP contribution in [-0.4, -0.2) is 20.9 Å². The molecular formula is C11H10N2O2. The van der Waals surface area contributed by atoms with E-state index in [1.165, 1.54) is 16.9 Å². The molecule has 0 aliphatic rings. The van der Waals surface area contributed by atoms with Gasteiger partial charge >= 0.3 is 5.97 Å². The van der Waals surface area contributed by atoms with Crippen LogP contribution in [0.25, 0.3) is 5.69 Å². The predicted octanol–water partition coefficient (Wildman–Crippen LogP) is 1.88. The number of aromatic carboxylic acids is 1. The maximum absolute atomic E-state index is 10.9. The van der Waals surface area contributed by atoms with Crippen molar-refractivity contribution in [2.75, 3.05) is 0 Å². The summed E-state index contributed by atoms with van der Waals surface area (Å²) in [6.07, 6.45) is 1.48. The summed E-state index contributed by atoms with van der Waals surface area (Å²) >= 11 is 0. The van der Waals surface area contributed by atoms with E-state index in [-0.39, 0.29) is 5.69 Å². The first-order valence-electron chi connectivity index (χ1n) is 4.53. The monoisotopic (exact) mass is 202 g/mol. The van der Waals surface area contributed by atoms with Crippen molar-refractivity contribution in [2.45, 2.75) is 6.92 Å². The van der Waals surface area contributed by atoms with Gasteiger partial charge < -0.3 is 5.11 Å². The second kappa shape index (κ2) is 3.57. The number of hydrogen-bond donors (Lipinski definition) is 1. The number of rotatable bonds is 2. The van der Waals surface area contributed by atoms with E-state index < -0.39 is 5.97 Å². The van der Waals surface area contributed by atoms with Gasteiger partial charge in [0.05, 0.1) is 11.9 Å². The van der Waals surface area contributed by atoms with E-state index in [9.17, 15) is 4.79 Å². The van der Waals surface area contributed by atoms with Gasteiger partial charge in [-0.15, -0.1) is 0 Å². The standard InChI is InChI=1S/C11H10N2O2/c1-8-4-2-3-5-9(8)13-10(11(14)15)6-7-12-13/h2-7H,1H3,(H,14,15).